The Balaban J connectivity index is 1.82. The van der Waals surface area contributed by atoms with Gasteiger partial charge in [-0.05, 0) is 50.3 Å². The molecule has 0 radical (unpaired) electrons. The summed E-state index contributed by atoms with van der Waals surface area (Å²) in [4.78, 5) is 54.9. The first-order chi connectivity index (χ1) is 16.8. The van der Waals surface area contributed by atoms with Crippen molar-refractivity contribution in [2.24, 2.45) is 0 Å². The molecule has 1 aliphatic rings. The van der Waals surface area contributed by atoms with Gasteiger partial charge in [-0.15, -0.1) is 0 Å². The molecule has 1 unspecified atom stereocenters. The zero-order valence-electron chi connectivity index (χ0n) is 20.7. The fourth-order valence-electron chi connectivity index (χ4n) is 4.19. The zero-order valence-corrected chi connectivity index (χ0v) is 20.7. The third kappa shape index (κ3) is 5.75. The Bertz CT molecular complexity index is 1090. The fourth-order valence-corrected chi connectivity index (χ4v) is 4.19. The Hall–Kier alpha value is -3.56. The Kier molecular flexibility index (Phi) is 8.73. The van der Waals surface area contributed by atoms with E-state index in [1.54, 1.807) is 18.2 Å². The predicted octanol–water partition coefficient (Wildman–Crippen LogP) is 1.80. The number of hydrogen-bond acceptors (Lipinski definition) is 7. The number of likely N-dealkylation sites (N-methyl/N-ethyl adjacent to an activating group) is 2. The van der Waals surface area contributed by atoms with Gasteiger partial charge in [0.15, 0.2) is 0 Å². The number of benzene rings is 2. The summed E-state index contributed by atoms with van der Waals surface area (Å²) in [6.45, 7) is 2.67. The molecule has 0 bridgehead atoms. The monoisotopic (exact) mass is 479 g/mol. The highest BCUT2D eigenvalue weighted by atomic mass is 16.2. The molecule has 2 N–H and O–H groups in total. The van der Waals surface area contributed by atoms with E-state index in [9.17, 15) is 19.2 Å². The number of aldehydes is 1. The maximum Gasteiger partial charge on any atom is 0.264 e. The van der Waals surface area contributed by atoms with Crippen LogP contribution in [-0.4, -0.2) is 81.1 Å². The quantitative estimate of drug-likeness (QED) is 0.354. The van der Waals surface area contributed by atoms with Crippen molar-refractivity contribution >= 4 is 35.4 Å². The van der Waals surface area contributed by atoms with E-state index in [2.05, 4.69) is 22.6 Å². The largest absolute Gasteiger partial charge is 0.359 e. The fraction of sp³-hybridized carbons (Fsp3) is 0.385. The Morgan fingerprint density at radius 3 is 2.40 bits per heavy atom. The van der Waals surface area contributed by atoms with Crippen LogP contribution in [-0.2, 0) is 16.1 Å². The van der Waals surface area contributed by atoms with E-state index in [0.717, 1.165) is 30.2 Å². The minimum atomic E-state index is -1.00. The van der Waals surface area contributed by atoms with Gasteiger partial charge in [-0.2, -0.15) is 0 Å². The molecule has 9 nitrogen and oxygen atoms in total. The van der Waals surface area contributed by atoms with E-state index < -0.39 is 17.9 Å². The van der Waals surface area contributed by atoms with Crippen LogP contribution in [0.1, 0.15) is 39.1 Å². The number of hydrogen-bond donors (Lipinski definition) is 2. The van der Waals surface area contributed by atoms with Crippen molar-refractivity contribution < 1.29 is 19.2 Å². The Labute approximate surface area is 206 Å². The molecule has 35 heavy (non-hydrogen) atoms. The molecule has 0 aromatic heterocycles. The van der Waals surface area contributed by atoms with E-state index >= 15 is 0 Å². The minimum Gasteiger partial charge on any atom is -0.359 e. The highest BCUT2D eigenvalue weighted by molar-refractivity contribution is 6.24. The third-order valence-electron chi connectivity index (χ3n) is 6.24. The summed E-state index contributed by atoms with van der Waals surface area (Å²) >= 11 is 0. The van der Waals surface area contributed by atoms with E-state index in [1.807, 2.05) is 43.3 Å². The van der Waals surface area contributed by atoms with Gasteiger partial charge in [0.1, 0.15) is 6.29 Å². The average Bonchev–Trinajstić information content (AvgIpc) is 3.13. The Morgan fingerprint density at radius 1 is 1.06 bits per heavy atom. The third-order valence-corrected chi connectivity index (χ3v) is 6.24. The molecule has 1 aliphatic heterocycles. The predicted molar refractivity (Wildman–Crippen MR) is 135 cm³/mol. The second kappa shape index (κ2) is 11.7. The first-order valence-electron chi connectivity index (χ1n) is 11.6. The molecule has 1 atom stereocenters. The second-order valence-corrected chi connectivity index (χ2v) is 8.66. The molecule has 0 aliphatic carbocycles. The zero-order chi connectivity index (χ0) is 25.5. The van der Waals surface area contributed by atoms with Crippen LogP contribution in [0.2, 0.25) is 0 Å². The van der Waals surface area contributed by atoms with E-state index in [-0.39, 0.29) is 29.9 Å². The van der Waals surface area contributed by atoms with Gasteiger partial charge in [-0.1, -0.05) is 18.2 Å². The number of amides is 3. The van der Waals surface area contributed by atoms with Gasteiger partial charge in [0.2, 0.25) is 5.91 Å². The lowest BCUT2D eigenvalue weighted by atomic mass is 10.1. The molecule has 9 heteroatoms. The lowest BCUT2D eigenvalue weighted by Crippen LogP contribution is -2.41. The first-order valence-corrected chi connectivity index (χ1v) is 11.6. The van der Waals surface area contributed by atoms with Gasteiger partial charge < -0.3 is 25.2 Å². The average molecular weight is 480 g/mol. The molecule has 0 saturated heterocycles. The van der Waals surface area contributed by atoms with Crippen LogP contribution >= 0.6 is 0 Å². The number of imide groups is 1. The van der Waals surface area contributed by atoms with Gasteiger partial charge in [-0.25, -0.2) is 0 Å². The lowest BCUT2D eigenvalue weighted by Gasteiger charge is -2.23. The van der Waals surface area contributed by atoms with Crippen LogP contribution < -0.4 is 15.5 Å². The smallest absolute Gasteiger partial charge is 0.264 e. The number of anilines is 2. The van der Waals surface area contributed by atoms with Crippen molar-refractivity contribution in [3.8, 4) is 0 Å². The van der Waals surface area contributed by atoms with Crippen molar-refractivity contribution in [1.29, 1.82) is 0 Å². The van der Waals surface area contributed by atoms with Crippen LogP contribution in [0, 0.1) is 0 Å². The van der Waals surface area contributed by atoms with Crippen LogP contribution in [0.5, 0.6) is 0 Å². The summed E-state index contributed by atoms with van der Waals surface area (Å²) < 4.78 is 0. The summed E-state index contributed by atoms with van der Waals surface area (Å²) in [5.41, 5.74) is 3.14. The molecular weight excluding hydrogens is 446 g/mol. The molecule has 1 heterocycles. The summed E-state index contributed by atoms with van der Waals surface area (Å²) in [7, 11) is 7.34. The van der Waals surface area contributed by atoms with E-state index in [0.29, 0.717) is 12.0 Å². The normalized spacial score (nSPS) is 13.7. The molecule has 0 fully saturated rings. The summed E-state index contributed by atoms with van der Waals surface area (Å²) in [5.74, 6) is -1.30. The minimum absolute atomic E-state index is 0.0383. The number of rotatable bonds is 12. The van der Waals surface area contributed by atoms with Crippen molar-refractivity contribution in [3.05, 3.63) is 59.2 Å². The first kappa shape index (κ1) is 26.1. The number of nitrogens with zero attached hydrogens (tertiary/aromatic N) is 3. The summed E-state index contributed by atoms with van der Waals surface area (Å²) in [6.07, 6.45) is 0.668. The van der Waals surface area contributed by atoms with Crippen molar-refractivity contribution in [2.45, 2.75) is 25.4 Å². The maximum absolute atomic E-state index is 13.3. The molecule has 3 rings (SSSR count). The van der Waals surface area contributed by atoms with Crippen molar-refractivity contribution in [3.63, 3.8) is 0 Å². The molecular formula is C26H33N5O4. The van der Waals surface area contributed by atoms with Crippen molar-refractivity contribution in [2.75, 3.05) is 46.2 Å². The van der Waals surface area contributed by atoms with Gasteiger partial charge in [0.05, 0.1) is 22.9 Å². The Morgan fingerprint density at radius 2 is 1.77 bits per heavy atom. The van der Waals surface area contributed by atoms with Gasteiger partial charge in [0.25, 0.3) is 11.8 Å². The number of nitrogens with one attached hydrogen (secondary N) is 2. The highest BCUT2D eigenvalue weighted by Gasteiger charge is 2.42. The second-order valence-electron chi connectivity index (χ2n) is 8.66. The molecule has 2 aromatic carbocycles. The van der Waals surface area contributed by atoms with Crippen LogP contribution in [0.4, 0.5) is 11.4 Å². The highest BCUT2D eigenvalue weighted by Crippen LogP contribution is 2.35. The number of carbonyl (C=O) groups excluding carboxylic acids is 4. The van der Waals surface area contributed by atoms with Gasteiger partial charge in [0, 0.05) is 45.8 Å². The molecule has 3 amide bonds. The molecule has 186 valence electrons. The van der Waals surface area contributed by atoms with Crippen molar-refractivity contribution in [1.82, 2.24) is 20.4 Å². The van der Waals surface area contributed by atoms with Gasteiger partial charge in [-0.3, -0.25) is 19.3 Å². The van der Waals surface area contributed by atoms with Crippen LogP contribution in [0.15, 0.2) is 42.5 Å². The van der Waals surface area contributed by atoms with Crippen LogP contribution in [0.3, 0.4) is 0 Å². The number of fused-ring (bicyclic) bond motifs is 1. The lowest BCUT2D eigenvalue weighted by molar-refractivity contribution is -0.121. The van der Waals surface area contributed by atoms with E-state index in [1.165, 1.54) is 12.6 Å². The topological polar surface area (TPSA) is 102 Å². The van der Waals surface area contributed by atoms with Gasteiger partial charge >= 0.3 is 0 Å². The SMILES string of the molecule is CNCCN(C)Cc1ccc(N(C)c2cccc3c2C(=O)N(C(C=O)CCC(=O)NC)C3=O)cc1. The molecule has 2 aromatic rings. The number of carbonyl (C=O) groups is 4. The van der Waals surface area contributed by atoms with Crippen LogP contribution in [0.25, 0.3) is 0 Å². The van der Waals surface area contributed by atoms with E-state index in [4.69, 9.17) is 0 Å². The molecule has 0 saturated carbocycles. The standard InChI is InChI=1S/C26H33N5O4/c1-27-14-15-29(3)16-18-8-10-19(11-9-18)30(4)22-7-5-6-21-24(22)26(35)31(25(21)34)20(17-32)12-13-23(33)28-2/h5-11,17,20,27H,12-16H2,1-4H3,(H,28,33). The summed E-state index contributed by atoms with van der Waals surface area (Å²) in [6, 6.07) is 12.2. The maximum atomic E-state index is 13.3. The summed E-state index contributed by atoms with van der Waals surface area (Å²) in [5, 5.41) is 5.63. The molecule has 0 spiro atoms.